The Morgan fingerprint density at radius 2 is 1.96 bits per heavy atom. The number of hydrogen-bond donors (Lipinski definition) is 1. The Kier molecular flexibility index (Phi) is 3.55. The van der Waals surface area contributed by atoms with Gasteiger partial charge in [0.15, 0.2) is 0 Å². The lowest BCUT2D eigenvalue weighted by Gasteiger charge is -2.52. The third kappa shape index (κ3) is 2.27. The summed E-state index contributed by atoms with van der Waals surface area (Å²) < 4.78 is 8.07. The maximum atomic E-state index is 13.2. The summed E-state index contributed by atoms with van der Waals surface area (Å²) in [7, 11) is 1.78. The van der Waals surface area contributed by atoms with Crippen LogP contribution in [-0.2, 0) is 7.05 Å². The molecular formula is C20H24ClNO3. The quantitative estimate of drug-likeness (QED) is 0.730. The fourth-order valence-corrected chi connectivity index (χ4v) is 5.13. The Balaban J connectivity index is 2.08. The molecule has 134 valence electrons. The minimum Gasteiger partial charge on any atom is -0.486 e. The van der Waals surface area contributed by atoms with Crippen molar-refractivity contribution < 1.29 is 9.84 Å². The van der Waals surface area contributed by atoms with Crippen LogP contribution in [0.3, 0.4) is 0 Å². The van der Waals surface area contributed by atoms with Gasteiger partial charge in [0.05, 0.1) is 22.1 Å². The topological polar surface area (TPSA) is 51.5 Å². The summed E-state index contributed by atoms with van der Waals surface area (Å²) in [6, 6.07) is 7.77. The molecular weight excluding hydrogens is 338 g/mol. The number of nitrogens with zero attached hydrogens (tertiary/aromatic N) is 1. The Hall–Kier alpha value is -1.52. The van der Waals surface area contributed by atoms with Gasteiger partial charge in [-0.1, -0.05) is 12.1 Å². The van der Waals surface area contributed by atoms with Crippen LogP contribution in [0.1, 0.15) is 45.1 Å². The Labute approximate surface area is 152 Å². The lowest BCUT2D eigenvalue weighted by atomic mass is 9.62. The van der Waals surface area contributed by atoms with Crippen molar-refractivity contribution in [3.05, 3.63) is 40.2 Å². The van der Waals surface area contributed by atoms with Crippen molar-refractivity contribution in [2.45, 2.75) is 56.1 Å². The highest BCUT2D eigenvalue weighted by molar-refractivity contribution is 6.22. The van der Waals surface area contributed by atoms with Crippen molar-refractivity contribution >= 4 is 22.5 Å². The molecule has 5 heteroatoms. The second kappa shape index (κ2) is 5.24. The van der Waals surface area contributed by atoms with E-state index < -0.39 is 16.6 Å². The molecule has 1 aromatic carbocycles. The van der Waals surface area contributed by atoms with Gasteiger partial charge in [0.2, 0.25) is 0 Å². The second-order valence-electron chi connectivity index (χ2n) is 8.26. The number of pyridine rings is 1. The standard InChI is InChI=1S/C20H24ClNO3/c1-19(2)12-9-10-20(3,24)17(21)14(12)15-16(25-19)11-7-5-6-8-13(11)22(4)18(15)23/h5-8,12,14,17,24H,9-10H2,1-4H3/t12-,14+,17-,20-/m1/s1. The molecule has 1 aliphatic carbocycles. The number of hydrogen-bond acceptors (Lipinski definition) is 3. The third-order valence-electron chi connectivity index (χ3n) is 6.19. The van der Waals surface area contributed by atoms with Crippen molar-refractivity contribution in [1.82, 2.24) is 4.57 Å². The van der Waals surface area contributed by atoms with Gasteiger partial charge >= 0.3 is 0 Å². The average molecular weight is 362 g/mol. The summed E-state index contributed by atoms with van der Waals surface area (Å²) in [5.41, 5.74) is -0.0669. The lowest BCUT2D eigenvalue weighted by Crippen LogP contribution is -2.57. The number of rotatable bonds is 0. The molecule has 25 heavy (non-hydrogen) atoms. The monoisotopic (exact) mass is 361 g/mol. The summed E-state index contributed by atoms with van der Waals surface area (Å²) in [4.78, 5) is 13.2. The zero-order chi connectivity index (χ0) is 18.1. The molecule has 1 aromatic heterocycles. The fraction of sp³-hybridized carbons (Fsp3) is 0.550. The highest BCUT2D eigenvalue weighted by Crippen LogP contribution is 2.55. The number of aryl methyl sites for hydroxylation is 1. The van der Waals surface area contributed by atoms with E-state index in [1.807, 2.05) is 24.3 Å². The van der Waals surface area contributed by atoms with Gasteiger partial charge in [0, 0.05) is 24.3 Å². The van der Waals surface area contributed by atoms with Crippen LogP contribution in [-0.4, -0.2) is 26.3 Å². The highest BCUT2D eigenvalue weighted by atomic mass is 35.5. The number of aliphatic hydroxyl groups is 1. The summed E-state index contributed by atoms with van der Waals surface area (Å²) in [6.07, 6.45) is 1.39. The van der Waals surface area contributed by atoms with Crippen LogP contribution in [0.25, 0.3) is 10.9 Å². The molecule has 0 spiro atoms. The molecule has 2 aliphatic rings. The van der Waals surface area contributed by atoms with Gasteiger partial charge < -0.3 is 14.4 Å². The van der Waals surface area contributed by atoms with Gasteiger partial charge in [-0.2, -0.15) is 0 Å². The molecule has 4 rings (SSSR count). The summed E-state index contributed by atoms with van der Waals surface area (Å²) >= 11 is 6.76. The predicted molar refractivity (Wildman–Crippen MR) is 99.6 cm³/mol. The second-order valence-corrected chi connectivity index (χ2v) is 8.73. The van der Waals surface area contributed by atoms with Crippen LogP contribution >= 0.6 is 11.6 Å². The van der Waals surface area contributed by atoms with Crippen molar-refractivity contribution in [2.24, 2.45) is 13.0 Å². The molecule has 1 N–H and O–H groups in total. The number of aromatic nitrogens is 1. The molecule has 0 unspecified atom stereocenters. The largest absolute Gasteiger partial charge is 0.486 e. The van der Waals surface area contributed by atoms with E-state index in [0.29, 0.717) is 17.7 Å². The molecule has 2 heterocycles. The van der Waals surface area contributed by atoms with E-state index >= 15 is 0 Å². The molecule has 0 amide bonds. The molecule has 1 fully saturated rings. The molecule has 1 aliphatic heterocycles. The molecule has 4 atom stereocenters. The third-order valence-corrected chi connectivity index (χ3v) is 6.93. The van der Waals surface area contributed by atoms with E-state index in [1.54, 1.807) is 18.5 Å². The Bertz CT molecular complexity index is 915. The summed E-state index contributed by atoms with van der Waals surface area (Å²) in [5, 5.41) is 11.2. The molecule has 2 aromatic rings. The number of para-hydroxylation sites is 1. The molecule has 1 saturated carbocycles. The van der Waals surface area contributed by atoms with Gasteiger partial charge in [0.1, 0.15) is 11.4 Å². The van der Waals surface area contributed by atoms with Crippen LogP contribution in [0.5, 0.6) is 5.75 Å². The minimum atomic E-state index is -0.996. The molecule has 4 nitrogen and oxygen atoms in total. The maximum absolute atomic E-state index is 13.2. The smallest absolute Gasteiger partial charge is 0.258 e. The minimum absolute atomic E-state index is 0.0810. The highest BCUT2D eigenvalue weighted by Gasteiger charge is 2.55. The first-order valence-electron chi connectivity index (χ1n) is 8.82. The molecule has 0 radical (unpaired) electrons. The van der Waals surface area contributed by atoms with Crippen molar-refractivity contribution in [2.75, 3.05) is 0 Å². The van der Waals surface area contributed by atoms with Gasteiger partial charge in [-0.05, 0) is 45.7 Å². The van der Waals surface area contributed by atoms with E-state index in [9.17, 15) is 9.90 Å². The van der Waals surface area contributed by atoms with E-state index in [2.05, 4.69) is 13.8 Å². The molecule has 0 saturated heterocycles. The fourth-order valence-electron chi connectivity index (χ4n) is 4.72. The number of fused-ring (bicyclic) bond motifs is 5. The zero-order valence-corrected chi connectivity index (χ0v) is 15.8. The van der Waals surface area contributed by atoms with Gasteiger partial charge in [0.25, 0.3) is 5.56 Å². The van der Waals surface area contributed by atoms with E-state index in [-0.39, 0.29) is 17.4 Å². The van der Waals surface area contributed by atoms with Gasteiger partial charge in [-0.15, -0.1) is 11.6 Å². The van der Waals surface area contributed by atoms with Crippen LogP contribution in [0, 0.1) is 5.92 Å². The average Bonchev–Trinajstić information content (AvgIpc) is 2.55. The predicted octanol–water partition coefficient (Wildman–Crippen LogP) is 3.56. The van der Waals surface area contributed by atoms with Crippen LogP contribution in [0.2, 0.25) is 0 Å². The van der Waals surface area contributed by atoms with Crippen LogP contribution in [0.4, 0.5) is 0 Å². The van der Waals surface area contributed by atoms with Gasteiger partial charge in [-0.3, -0.25) is 4.79 Å². The van der Waals surface area contributed by atoms with E-state index in [4.69, 9.17) is 16.3 Å². The first-order chi connectivity index (χ1) is 11.6. The number of ether oxygens (including phenoxy) is 1. The Morgan fingerprint density at radius 1 is 1.28 bits per heavy atom. The van der Waals surface area contributed by atoms with Crippen molar-refractivity contribution in [3.63, 3.8) is 0 Å². The van der Waals surface area contributed by atoms with E-state index in [1.165, 1.54) is 0 Å². The van der Waals surface area contributed by atoms with Crippen molar-refractivity contribution in [1.29, 1.82) is 0 Å². The number of alkyl halides is 1. The number of benzene rings is 1. The van der Waals surface area contributed by atoms with Gasteiger partial charge in [-0.25, -0.2) is 0 Å². The van der Waals surface area contributed by atoms with Crippen LogP contribution in [0.15, 0.2) is 29.1 Å². The number of halogens is 1. The first kappa shape index (κ1) is 16.9. The summed E-state index contributed by atoms with van der Waals surface area (Å²) in [5.74, 6) is 0.498. The maximum Gasteiger partial charge on any atom is 0.258 e. The zero-order valence-electron chi connectivity index (χ0n) is 15.0. The first-order valence-corrected chi connectivity index (χ1v) is 9.26. The van der Waals surface area contributed by atoms with Crippen LogP contribution < -0.4 is 10.3 Å². The summed E-state index contributed by atoms with van der Waals surface area (Å²) in [6.45, 7) is 5.89. The van der Waals surface area contributed by atoms with Crippen molar-refractivity contribution in [3.8, 4) is 5.75 Å². The lowest BCUT2D eigenvalue weighted by molar-refractivity contribution is -0.0619. The Morgan fingerprint density at radius 3 is 2.68 bits per heavy atom. The molecule has 0 bridgehead atoms. The SMILES string of the molecule is Cn1c(=O)c2c(c3ccccc31)OC(C)(C)[C@@H]1CC[C@@](C)(O)[C@H](Cl)[C@H]21. The van der Waals surface area contributed by atoms with E-state index in [0.717, 1.165) is 17.3 Å². The normalized spacial score (nSPS) is 33.4.